The lowest BCUT2D eigenvalue weighted by molar-refractivity contribution is 0.217. The van der Waals surface area contributed by atoms with Crippen LogP contribution in [0.4, 0.5) is 0 Å². The summed E-state index contributed by atoms with van der Waals surface area (Å²) in [5.41, 5.74) is 1.74. The van der Waals surface area contributed by atoms with Gasteiger partial charge in [-0.05, 0) is 36.5 Å². The summed E-state index contributed by atoms with van der Waals surface area (Å²) in [6.45, 7) is 7.08. The maximum atomic E-state index is 5.56. The number of methoxy groups -OCH3 is 2. The van der Waals surface area contributed by atoms with E-state index >= 15 is 0 Å². The molecule has 0 spiro atoms. The third kappa shape index (κ3) is 1.88. The molecule has 100 valence electrons. The molecule has 0 aromatic heterocycles. The van der Waals surface area contributed by atoms with E-state index in [4.69, 9.17) is 9.47 Å². The molecule has 0 saturated heterocycles. The predicted octanol–water partition coefficient (Wildman–Crippen LogP) is 4.17. The quantitative estimate of drug-likeness (QED) is 0.799. The van der Waals surface area contributed by atoms with E-state index in [-0.39, 0.29) is 5.41 Å². The highest BCUT2D eigenvalue weighted by molar-refractivity contribution is 5.46. The molecule has 0 amide bonds. The molecule has 1 aromatic rings. The minimum Gasteiger partial charge on any atom is -0.497 e. The molecule has 0 bridgehead atoms. The molecule has 2 rings (SSSR count). The van der Waals surface area contributed by atoms with Gasteiger partial charge in [0.25, 0.3) is 0 Å². The predicted molar refractivity (Wildman–Crippen MR) is 74.5 cm³/mol. The first-order chi connectivity index (χ1) is 8.44. The van der Waals surface area contributed by atoms with E-state index in [1.807, 2.05) is 12.1 Å². The van der Waals surface area contributed by atoms with Gasteiger partial charge in [0.1, 0.15) is 11.5 Å². The molecule has 1 saturated carbocycles. The molecule has 2 nitrogen and oxygen atoms in total. The average Bonchev–Trinajstić information content (AvgIpc) is 2.64. The third-order valence-corrected chi connectivity index (χ3v) is 4.97. The van der Waals surface area contributed by atoms with Gasteiger partial charge in [-0.3, -0.25) is 0 Å². The minimum atomic E-state index is 0.160. The molecule has 0 radical (unpaired) electrons. The van der Waals surface area contributed by atoms with Crippen molar-refractivity contribution in [3.05, 3.63) is 23.8 Å². The van der Waals surface area contributed by atoms with Crippen molar-refractivity contribution in [2.75, 3.05) is 14.2 Å². The van der Waals surface area contributed by atoms with Gasteiger partial charge in [0.2, 0.25) is 0 Å². The second-order valence-corrected chi connectivity index (χ2v) is 6.14. The largest absolute Gasteiger partial charge is 0.497 e. The lowest BCUT2D eigenvalue weighted by Gasteiger charge is -2.40. The molecule has 1 aliphatic carbocycles. The molecule has 1 aromatic carbocycles. The Morgan fingerprint density at radius 3 is 2.22 bits per heavy atom. The molecule has 1 aliphatic rings. The normalized spacial score (nSPS) is 26.1. The van der Waals surface area contributed by atoms with Crippen LogP contribution in [0.3, 0.4) is 0 Å². The topological polar surface area (TPSA) is 18.5 Å². The summed E-state index contributed by atoms with van der Waals surface area (Å²) in [6, 6.07) is 6.13. The van der Waals surface area contributed by atoms with Gasteiger partial charge >= 0.3 is 0 Å². The summed E-state index contributed by atoms with van der Waals surface area (Å²) >= 11 is 0. The highest BCUT2D eigenvalue weighted by atomic mass is 16.5. The molecule has 1 atom stereocenters. The molecule has 1 fully saturated rings. The van der Waals surface area contributed by atoms with Crippen molar-refractivity contribution in [1.82, 2.24) is 0 Å². The average molecular weight is 248 g/mol. The Kier molecular flexibility index (Phi) is 3.31. The lowest BCUT2D eigenvalue weighted by Crippen LogP contribution is -2.34. The van der Waals surface area contributed by atoms with Crippen molar-refractivity contribution in [2.45, 2.75) is 45.4 Å². The van der Waals surface area contributed by atoms with Crippen molar-refractivity contribution < 1.29 is 9.47 Å². The zero-order chi connectivity index (χ0) is 13.4. The summed E-state index contributed by atoms with van der Waals surface area (Å²) in [7, 11) is 3.46. The van der Waals surface area contributed by atoms with Gasteiger partial charge in [0.15, 0.2) is 0 Å². The van der Waals surface area contributed by atoms with Gasteiger partial charge in [-0.15, -0.1) is 0 Å². The summed E-state index contributed by atoms with van der Waals surface area (Å²) < 4.78 is 10.9. The van der Waals surface area contributed by atoms with Gasteiger partial charge in [0, 0.05) is 11.0 Å². The van der Waals surface area contributed by atoms with Crippen molar-refractivity contribution in [3.63, 3.8) is 0 Å². The number of hydrogen-bond acceptors (Lipinski definition) is 2. The smallest absolute Gasteiger partial charge is 0.122 e. The van der Waals surface area contributed by atoms with Crippen molar-refractivity contribution in [2.24, 2.45) is 5.41 Å². The zero-order valence-electron chi connectivity index (χ0n) is 12.2. The third-order valence-electron chi connectivity index (χ3n) is 4.97. The maximum Gasteiger partial charge on any atom is 0.122 e. The van der Waals surface area contributed by atoms with Crippen LogP contribution in [0.25, 0.3) is 0 Å². The number of rotatable bonds is 3. The fourth-order valence-corrected chi connectivity index (χ4v) is 3.24. The molecule has 0 heterocycles. The summed E-state index contributed by atoms with van der Waals surface area (Å²) in [5, 5.41) is 0. The molecular formula is C16H24O2. The SMILES string of the molecule is COc1ccc(OC)c(C2(C)CCCC2(C)C)c1. The van der Waals surface area contributed by atoms with Crippen LogP contribution in [-0.4, -0.2) is 14.2 Å². The fourth-order valence-electron chi connectivity index (χ4n) is 3.24. The standard InChI is InChI=1S/C16H24O2/c1-15(2)9-6-10-16(15,3)13-11-12(17-4)7-8-14(13)18-5/h7-8,11H,6,9-10H2,1-5H3. The second-order valence-electron chi connectivity index (χ2n) is 6.14. The fraction of sp³-hybridized carbons (Fsp3) is 0.625. The Bertz CT molecular complexity index is 437. The molecule has 0 N–H and O–H groups in total. The number of hydrogen-bond donors (Lipinski definition) is 0. The van der Waals surface area contributed by atoms with Gasteiger partial charge < -0.3 is 9.47 Å². The van der Waals surface area contributed by atoms with Gasteiger partial charge in [-0.2, -0.15) is 0 Å². The molecular weight excluding hydrogens is 224 g/mol. The molecule has 18 heavy (non-hydrogen) atoms. The van der Waals surface area contributed by atoms with E-state index in [9.17, 15) is 0 Å². The van der Waals surface area contributed by atoms with Crippen molar-refractivity contribution >= 4 is 0 Å². The summed E-state index contributed by atoms with van der Waals surface area (Å²) in [6.07, 6.45) is 3.76. The summed E-state index contributed by atoms with van der Waals surface area (Å²) in [5.74, 6) is 1.89. The highest BCUT2D eigenvalue weighted by Gasteiger charge is 2.47. The van der Waals surface area contributed by atoms with Gasteiger partial charge in [0.05, 0.1) is 14.2 Å². The lowest BCUT2D eigenvalue weighted by atomic mass is 9.65. The van der Waals surface area contributed by atoms with Crippen molar-refractivity contribution in [3.8, 4) is 11.5 Å². The number of ether oxygens (including phenoxy) is 2. The van der Waals surface area contributed by atoms with Crippen LogP contribution in [0.1, 0.15) is 45.6 Å². The molecule has 2 heteroatoms. The Morgan fingerprint density at radius 1 is 1.00 bits per heavy atom. The minimum absolute atomic E-state index is 0.160. The number of benzene rings is 1. The van der Waals surface area contributed by atoms with E-state index in [1.165, 1.54) is 24.8 Å². The first kappa shape index (κ1) is 13.3. The Labute approximate surface area is 110 Å². The van der Waals surface area contributed by atoms with Crippen LogP contribution >= 0.6 is 0 Å². The highest BCUT2D eigenvalue weighted by Crippen LogP contribution is 2.56. The van der Waals surface area contributed by atoms with Crippen LogP contribution < -0.4 is 9.47 Å². The van der Waals surface area contributed by atoms with E-state index < -0.39 is 0 Å². The monoisotopic (exact) mass is 248 g/mol. The Morgan fingerprint density at radius 2 is 1.72 bits per heavy atom. The van der Waals surface area contributed by atoms with Crippen LogP contribution in [0.2, 0.25) is 0 Å². The van der Waals surface area contributed by atoms with E-state index in [0.717, 1.165) is 11.5 Å². The van der Waals surface area contributed by atoms with Crippen LogP contribution in [-0.2, 0) is 5.41 Å². The molecule has 0 aliphatic heterocycles. The first-order valence-corrected chi connectivity index (χ1v) is 6.67. The Balaban J connectivity index is 2.55. The van der Waals surface area contributed by atoms with E-state index in [2.05, 4.69) is 26.8 Å². The first-order valence-electron chi connectivity index (χ1n) is 6.67. The van der Waals surface area contributed by atoms with Gasteiger partial charge in [-0.1, -0.05) is 27.2 Å². The maximum absolute atomic E-state index is 5.56. The Hall–Kier alpha value is -1.18. The van der Waals surface area contributed by atoms with Crippen LogP contribution in [0, 0.1) is 5.41 Å². The van der Waals surface area contributed by atoms with Crippen molar-refractivity contribution in [1.29, 1.82) is 0 Å². The zero-order valence-corrected chi connectivity index (χ0v) is 12.2. The summed E-state index contributed by atoms with van der Waals surface area (Å²) in [4.78, 5) is 0. The second kappa shape index (κ2) is 4.49. The molecule has 1 unspecified atom stereocenters. The van der Waals surface area contributed by atoms with Crippen LogP contribution in [0.15, 0.2) is 18.2 Å². The van der Waals surface area contributed by atoms with E-state index in [0.29, 0.717) is 5.41 Å². The van der Waals surface area contributed by atoms with E-state index in [1.54, 1.807) is 14.2 Å². The van der Waals surface area contributed by atoms with Crippen LogP contribution in [0.5, 0.6) is 11.5 Å². The van der Waals surface area contributed by atoms with Gasteiger partial charge in [-0.25, -0.2) is 0 Å².